The first-order valence-electron chi connectivity index (χ1n) is 6.97. The van der Waals surface area contributed by atoms with E-state index in [1.54, 1.807) is 18.2 Å². The van der Waals surface area contributed by atoms with Crippen molar-refractivity contribution in [3.8, 4) is 0 Å². The van der Waals surface area contributed by atoms with E-state index >= 15 is 0 Å². The van der Waals surface area contributed by atoms with Crippen molar-refractivity contribution in [1.82, 2.24) is 0 Å². The molecule has 0 spiro atoms. The van der Waals surface area contributed by atoms with Crippen molar-refractivity contribution < 1.29 is 9.18 Å². The number of nitrogens with two attached hydrogens (primary N) is 1. The Morgan fingerprint density at radius 2 is 1.68 bits per heavy atom. The van der Waals surface area contributed by atoms with E-state index in [2.05, 4.69) is 5.32 Å². The molecule has 3 N–H and O–H groups in total. The number of rotatable bonds is 3. The topological polar surface area (TPSA) is 55.1 Å². The largest absolute Gasteiger partial charge is 0.369 e. The fourth-order valence-corrected chi connectivity index (χ4v) is 2.76. The molecule has 1 fully saturated rings. The van der Waals surface area contributed by atoms with Gasteiger partial charge in [-0.25, -0.2) is 4.39 Å². The quantitative estimate of drug-likeness (QED) is 0.880. The molecule has 3 nitrogen and oxygen atoms in total. The molecule has 0 atom stereocenters. The van der Waals surface area contributed by atoms with Crippen LogP contribution in [0.15, 0.2) is 24.3 Å². The second-order valence-corrected chi connectivity index (χ2v) is 5.32. The van der Waals surface area contributed by atoms with Crippen LogP contribution >= 0.6 is 0 Å². The van der Waals surface area contributed by atoms with Crippen LogP contribution in [0.2, 0.25) is 0 Å². The summed E-state index contributed by atoms with van der Waals surface area (Å²) in [6.45, 7) is 0. The van der Waals surface area contributed by atoms with Crippen LogP contribution in [0, 0.1) is 5.82 Å². The van der Waals surface area contributed by atoms with Gasteiger partial charge in [0.05, 0.1) is 5.69 Å². The molecule has 1 aromatic carbocycles. The van der Waals surface area contributed by atoms with E-state index in [0.717, 1.165) is 25.7 Å². The minimum atomic E-state index is -0.803. The van der Waals surface area contributed by atoms with Crippen LogP contribution in [0.4, 0.5) is 10.1 Å². The van der Waals surface area contributed by atoms with Crippen molar-refractivity contribution in [3.63, 3.8) is 0 Å². The number of carbonyl (C=O) groups excluding carboxylic acids is 1. The predicted octanol–water partition coefficient (Wildman–Crippen LogP) is 3.21. The van der Waals surface area contributed by atoms with Gasteiger partial charge in [0.2, 0.25) is 5.91 Å². The lowest BCUT2D eigenvalue weighted by Gasteiger charge is -2.34. The Morgan fingerprint density at radius 1 is 1.11 bits per heavy atom. The van der Waals surface area contributed by atoms with Crippen molar-refractivity contribution in [3.05, 3.63) is 30.1 Å². The molecule has 1 saturated carbocycles. The van der Waals surface area contributed by atoms with Gasteiger partial charge in [-0.3, -0.25) is 4.79 Å². The molecule has 19 heavy (non-hydrogen) atoms. The number of para-hydroxylation sites is 1. The number of benzene rings is 1. The summed E-state index contributed by atoms with van der Waals surface area (Å²) >= 11 is 0. The maximum atomic E-state index is 13.7. The molecule has 0 unspecified atom stereocenters. The van der Waals surface area contributed by atoms with Crippen molar-refractivity contribution in [2.24, 2.45) is 5.73 Å². The Hall–Kier alpha value is -1.58. The zero-order valence-corrected chi connectivity index (χ0v) is 11.1. The van der Waals surface area contributed by atoms with Crippen LogP contribution in [-0.4, -0.2) is 11.4 Å². The van der Waals surface area contributed by atoms with Crippen LogP contribution in [0.25, 0.3) is 0 Å². The minimum absolute atomic E-state index is 0.342. The lowest BCUT2D eigenvalue weighted by atomic mass is 9.83. The number of hydrogen-bond acceptors (Lipinski definition) is 2. The molecule has 0 heterocycles. The van der Waals surface area contributed by atoms with E-state index < -0.39 is 5.54 Å². The van der Waals surface area contributed by atoms with E-state index in [9.17, 15) is 9.18 Å². The summed E-state index contributed by atoms with van der Waals surface area (Å²) in [5, 5.41) is 3.08. The molecule has 1 aromatic rings. The highest BCUT2D eigenvalue weighted by atomic mass is 19.1. The fourth-order valence-electron chi connectivity index (χ4n) is 2.76. The van der Waals surface area contributed by atoms with Crippen LogP contribution < -0.4 is 11.1 Å². The van der Waals surface area contributed by atoms with Gasteiger partial charge in [0.1, 0.15) is 11.4 Å². The van der Waals surface area contributed by atoms with Crippen molar-refractivity contribution in [1.29, 1.82) is 0 Å². The highest BCUT2D eigenvalue weighted by molar-refractivity contribution is 5.88. The number of amides is 1. The Kier molecular flexibility index (Phi) is 4.40. The number of carbonyl (C=O) groups is 1. The smallest absolute Gasteiger partial charge is 0.243 e. The SMILES string of the molecule is NC(=O)C1(Nc2ccccc2F)CCCCCCC1. The van der Waals surface area contributed by atoms with Gasteiger partial charge in [-0.1, -0.05) is 44.2 Å². The number of halogens is 1. The van der Waals surface area contributed by atoms with Crippen LogP contribution in [-0.2, 0) is 4.79 Å². The molecule has 0 bridgehead atoms. The molecule has 104 valence electrons. The van der Waals surface area contributed by atoms with Crippen molar-refractivity contribution in [2.75, 3.05) is 5.32 Å². The fraction of sp³-hybridized carbons (Fsp3) is 0.533. The van der Waals surface area contributed by atoms with E-state index in [-0.39, 0.29) is 11.7 Å². The summed E-state index contributed by atoms with van der Waals surface area (Å²) in [5.41, 5.74) is 5.16. The molecule has 4 heteroatoms. The van der Waals surface area contributed by atoms with Crippen LogP contribution in [0.3, 0.4) is 0 Å². The summed E-state index contributed by atoms with van der Waals surface area (Å²) < 4.78 is 13.7. The second kappa shape index (κ2) is 6.04. The van der Waals surface area contributed by atoms with E-state index in [4.69, 9.17) is 5.73 Å². The highest BCUT2D eigenvalue weighted by Gasteiger charge is 2.36. The standard InChI is InChI=1S/C15H21FN2O/c16-12-8-4-5-9-13(12)18-15(14(17)19)10-6-2-1-3-7-11-15/h4-5,8-9,18H,1-3,6-7,10-11H2,(H2,17,19). The summed E-state index contributed by atoms with van der Waals surface area (Å²) in [6, 6.07) is 6.43. The maximum absolute atomic E-state index is 13.7. The molecule has 0 saturated heterocycles. The first-order valence-corrected chi connectivity index (χ1v) is 6.97. The Morgan fingerprint density at radius 3 is 2.26 bits per heavy atom. The van der Waals surface area contributed by atoms with Crippen LogP contribution in [0.5, 0.6) is 0 Å². The molecule has 2 rings (SSSR count). The predicted molar refractivity (Wildman–Crippen MR) is 74.3 cm³/mol. The number of hydrogen-bond donors (Lipinski definition) is 2. The van der Waals surface area contributed by atoms with Gasteiger partial charge in [0.15, 0.2) is 0 Å². The molecule has 1 aliphatic rings. The third-order valence-electron chi connectivity index (χ3n) is 3.93. The van der Waals surface area contributed by atoms with Gasteiger partial charge in [-0.2, -0.15) is 0 Å². The van der Waals surface area contributed by atoms with Crippen LogP contribution in [0.1, 0.15) is 44.9 Å². The first kappa shape index (κ1) is 13.8. The third-order valence-corrected chi connectivity index (χ3v) is 3.93. The molecule has 0 radical (unpaired) electrons. The van der Waals surface area contributed by atoms with Gasteiger partial charge >= 0.3 is 0 Å². The summed E-state index contributed by atoms with van der Waals surface area (Å²) in [5.74, 6) is -0.720. The van der Waals surface area contributed by atoms with E-state index in [1.807, 2.05) is 0 Å². The number of primary amides is 1. The minimum Gasteiger partial charge on any atom is -0.369 e. The highest BCUT2D eigenvalue weighted by Crippen LogP contribution is 2.30. The molecular weight excluding hydrogens is 243 g/mol. The van der Waals surface area contributed by atoms with Crippen molar-refractivity contribution >= 4 is 11.6 Å². The number of nitrogens with one attached hydrogen (secondary N) is 1. The van der Waals surface area contributed by atoms with Gasteiger partial charge in [0, 0.05) is 0 Å². The lowest BCUT2D eigenvalue weighted by molar-refractivity contribution is -0.123. The summed E-state index contributed by atoms with van der Waals surface area (Å²) in [4.78, 5) is 11.9. The Balaban J connectivity index is 2.23. The Bertz CT molecular complexity index is 440. The van der Waals surface area contributed by atoms with Gasteiger partial charge in [-0.15, -0.1) is 0 Å². The molecule has 0 aliphatic heterocycles. The van der Waals surface area contributed by atoms with E-state index in [0.29, 0.717) is 18.5 Å². The second-order valence-electron chi connectivity index (χ2n) is 5.32. The molecule has 1 amide bonds. The first-order chi connectivity index (χ1) is 9.14. The zero-order valence-electron chi connectivity index (χ0n) is 11.1. The number of anilines is 1. The zero-order chi connectivity index (χ0) is 13.7. The molecular formula is C15H21FN2O. The average Bonchev–Trinajstić information content (AvgIpc) is 2.35. The molecule has 1 aliphatic carbocycles. The summed E-state index contributed by atoms with van der Waals surface area (Å²) in [7, 11) is 0. The maximum Gasteiger partial charge on any atom is 0.243 e. The normalized spacial score (nSPS) is 19.2. The van der Waals surface area contributed by atoms with Gasteiger partial charge < -0.3 is 11.1 Å². The lowest BCUT2D eigenvalue weighted by Crippen LogP contribution is -2.51. The summed E-state index contributed by atoms with van der Waals surface area (Å²) in [6.07, 6.45) is 6.67. The van der Waals surface area contributed by atoms with Gasteiger partial charge in [0.25, 0.3) is 0 Å². The van der Waals surface area contributed by atoms with E-state index in [1.165, 1.54) is 12.5 Å². The monoisotopic (exact) mass is 264 g/mol. The average molecular weight is 264 g/mol. The Labute approximate surface area is 113 Å². The third kappa shape index (κ3) is 3.25. The van der Waals surface area contributed by atoms with Gasteiger partial charge in [-0.05, 0) is 25.0 Å². The molecule has 0 aromatic heterocycles. The van der Waals surface area contributed by atoms with Crippen molar-refractivity contribution in [2.45, 2.75) is 50.5 Å².